The molecule has 26 heavy (non-hydrogen) atoms. The first kappa shape index (κ1) is 17.3. The molecule has 3 aromatic rings. The second-order valence-corrected chi connectivity index (χ2v) is 5.17. The summed E-state index contributed by atoms with van der Waals surface area (Å²) in [6, 6.07) is 11.0. The van der Waals surface area contributed by atoms with Gasteiger partial charge in [-0.05, 0) is 40.8 Å². The zero-order chi connectivity index (χ0) is 18.4. The van der Waals surface area contributed by atoms with Crippen molar-refractivity contribution in [1.82, 2.24) is 25.5 Å². The number of hydrogen-bond acceptors (Lipinski definition) is 6. The molecule has 0 bridgehead atoms. The number of tetrazole rings is 1. The highest BCUT2D eigenvalue weighted by molar-refractivity contribution is 5.97. The van der Waals surface area contributed by atoms with Crippen molar-refractivity contribution in [3.63, 3.8) is 0 Å². The van der Waals surface area contributed by atoms with E-state index < -0.39 is 11.7 Å². The first-order valence-electron chi connectivity index (χ1n) is 7.76. The first-order chi connectivity index (χ1) is 12.7. The lowest BCUT2D eigenvalue weighted by molar-refractivity contribution is 0.0946. The number of rotatable bonds is 7. The molecule has 1 N–H and O–H groups in total. The normalized spacial score (nSPS) is 10.4. The van der Waals surface area contributed by atoms with Gasteiger partial charge in [0, 0.05) is 0 Å². The Morgan fingerprint density at radius 3 is 2.77 bits per heavy atom. The molecule has 1 amide bonds. The van der Waals surface area contributed by atoms with Gasteiger partial charge in [0.05, 0.1) is 24.9 Å². The van der Waals surface area contributed by atoms with Gasteiger partial charge < -0.3 is 14.8 Å². The number of methoxy groups -OCH3 is 1. The summed E-state index contributed by atoms with van der Waals surface area (Å²) in [4.78, 5) is 12.4. The number of para-hydroxylation sites is 2. The zero-order valence-corrected chi connectivity index (χ0v) is 13.9. The maximum atomic E-state index is 13.6. The average Bonchev–Trinajstić information content (AvgIpc) is 3.19. The number of halogens is 1. The number of amides is 1. The predicted octanol–water partition coefficient (Wildman–Crippen LogP) is 1.62. The predicted molar refractivity (Wildman–Crippen MR) is 89.9 cm³/mol. The van der Waals surface area contributed by atoms with E-state index in [1.165, 1.54) is 23.1 Å². The fraction of sp³-hybridized carbons (Fsp3) is 0.176. The average molecular weight is 357 g/mol. The SMILES string of the molecule is COc1ccccc1OCCNC(=O)c1cc(F)ccc1-n1cnnn1. The minimum atomic E-state index is -0.530. The highest BCUT2D eigenvalue weighted by Crippen LogP contribution is 2.25. The molecule has 0 aliphatic heterocycles. The standard InChI is InChI=1S/C17H16FN5O3/c1-25-15-4-2-3-5-16(15)26-9-8-19-17(24)13-10-12(18)6-7-14(13)23-11-20-21-22-23/h2-7,10-11H,8-9H2,1H3,(H,19,24). The zero-order valence-electron chi connectivity index (χ0n) is 13.9. The molecule has 0 atom stereocenters. The molecule has 0 radical (unpaired) electrons. The van der Waals surface area contributed by atoms with E-state index in [0.717, 1.165) is 6.07 Å². The molecule has 0 spiro atoms. The van der Waals surface area contributed by atoms with E-state index in [1.807, 2.05) is 12.1 Å². The highest BCUT2D eigenvalue weighted by atomic mass is 19.1. The van der Waals surface area contributed by atoms with Crippen LogP contribution in [0.3, 0.4) is 0 Å². The van der Waals surface area contributed by atoms with Crippen LogP contribution < -0.4 is 14.8 Å². The maximum Gasteiger partial charge on any atom is 0.253 e. The molecule has 0 saturated carbocycles. The summed E-state index contributed by atoms with van der Waals surface area (Å²) in [6.45, 7) is 0.448. The second-order valence-electron chi connectivity index (χ2n) is 5.17. The number of carbonyl (C=O) groups is 1. The lowest BCUT2D eigenvalue weighted by atomic mass is 10.1. The van der Waals surface area contributed by atoms with Crippen molar-refractivity contribution < 1.29 is 18.7 Å². The molecular weight excluding hydrogens is 341 g/mol. The van der Waals surface area contributed by atoms with E-state index in [1.54, 1.807) is 19.2 Å². The number of nitrogens with one attached hydrogen (secondary N) is 1. The molecule has 8 nitrogen and oxygen atoms in total. The Morgan fingerprint density at radius 2 is 2.04 bits per heavy atom. The summed E-state index contributed by atoms with van der Waals surface area (Å²) in [6.07, 6.45) is 1.33. The van der Waals surface area contributed by atoms with Crippen LogP contribution in [0.2, 0.25) is 0 Å². The third-order valence-electron chi connectivity index (χ3n) is 3.51. The third-order valence-corrected chi connectivity index (χ3v) is 3.51. The Labute approximate surface area is 148 Å². The van der Waals surface area contributed by atoms with Gasteiger partial charge in [-0.25, -0.2) is 4.39 Å². The number of hydrogen-bond donors (Lipinski definition) is 1. The molecule has 1 heterocycles. The number of ether oxygens (including phenoxy) is 2. The van der Waals surface area contributed by atoms with Crippen LogP contribution in [0.4, 0.5) is 4.39 Å². The van der Waals surface area contributed by atoms with E-state index in [2.05, 4.69) is 20.8 Å². The smallest absolute Gasteiger partial charge is 0.253 e. The number of nitrogens with zero attached hydrogens (tertiary/aromatic N) is 4. The summed E-state index contributed by atoms with van der Waals surface area (Å²) >= 11 is 0. The van der Waals surface area contributed by atoms with Gasteiger partial charge in [0.25, 0.3) is 5.91 Å². The topological polar surface area (TPSA) is 91.2 Å². The van der Waals surface area contributed by atoms with E-state index in [-0.39, 0.29) is 18.7 Å². The number of benzene rings is 2. The van der Waals surface area contributed by atoms with Crippen LogP contribution in [-0.2, 0) is 0 Å². The van der Waals surface area contributed by atoms with Crippen LogP contribution in [0.1, 0.15) is 10.4 Å². The van der Waals surface area contributed by atoms with E-state index in [9.17, 15) is 9.18 Å². The van der Waals surface area contributed by atoms with E-state index >= 15 is 0 Å². The quantitative estimate of drug-likeness (QED) is 0.646. The van der Waals surface area contributed by atoms with Gasteiger partial charge in [0.2, 0.25) is 0 Å². The Hall–Kier alpha value is -3.49. The molecule has 1 aromatic heterocycles. The van der Waals surface area contributed by atoms with Gasteiger partial charge >= 0.3 is 0 Å². The Kier molecular flexibility index (Phi) is 5.37. The van der Waals surface area contributed by atoms with E-state index in [4.69, 9.17) is 9.47 Å². The second kappa shape index (κ2) is 8.06. The van der Waals surface area contributed by atoms with Crippen LogP contribution in [0.5, 0.6) is 11.5 Å². The fourth-order valence-corrected chi connectivity index (χ4v) is 2.32. The minimum absolute atomic E-state index is 0.120. The molecule has 0 aliphatic rings. The first-order valence-corrected chi connectivity index (χ1v) is 7.76. The monoisotopic (exact) mass is 357 g/mol. The van der Waals surface area contributed by atoms with Gasteiger partial charge in [-0.3, -0.25) is 4.79 Å². The molecule has 9 heteroatoms. The maximum absolute atomic E-state index is 13.6. The summed E-state index contributed by atoms with van der Waals surface area (Å²) in [5.41, 5.74) is 0.495. The summed E-state index contributed by atoms with van der Waals surface area (Å²) in [5, 5.41) is 13.5. The molecular formula is C17H16FN5O3. The van der Waals surface area contributed by atoms with Crippen molar-refractivity contribution in [2.24, 2.45) is 0 Å². The molecule has 134 valence electrons. The van der Waals surface area contributed by atoms with Crippen molar-refractivity contribution in [3.8, 4) is 17.2 Å². The molecule has 0 saturated heterocycles. The number of aromatic nitrogens is 4. The van der Waals surface area contributed by atoms with E-state index in [0.29, 0.717) is 17.2 Å². The van der Waals surface area contributed by atoms with Crippen LogP contribution >= 0.6 is 0 Å². The third kappa shape index (κ3) is 3.94. The Bertz CT molecular complexity index is 886. The van der Waals surface area contributed by atoms with Crippen molar-refractivity contribution in [2.45, 2.75) is 0 Å². The Balaban J connectivity index is 1.63. The van der Waals surface area contributed by atoms with Gasteiger partial charge in [0.1, 0.15) is 18.8 Å². The van der Waals surface area contributed by atoms with Crippen LogP contribution in [0, 0.1) is 5.82 Å². The Morgan fingerprint density at radius 1 is 1.23 bits per heavy atom. The highest BCUT2D eigenvalue weighted by Gasteiger charge is 2.15. The molecule has 0 fully saturated rings. The lowest BCUT2D eigenvalue weighted by Gasteiger charge is -2.12. The van der Waals surface area contributed by atoms with Crippen molar-refractivity contribution in [1.29, 1.82) is 0 Å². The van der Waals surface area contributed by atoms with Gasteiger partial charge in [-0.1, -0.05) is 12.1 Å². The van der Waals surface area contributed by atoms with Gasteiger partial charge in [-0.2, -0.15) is 4.68 Å². The summed E-state index contributed by atoms with van der Waals surface area (Å²) < 4.78 is 25.6. The van der Waals surface area contributed by atoms with Crippen molar-refractivity contribution in [2.75, 3.05) is 20.3 Å². The van der Waals surface area contributed by atoms with Crippen LogP contribution in [0.25, 0.3) is 5.69 Å². The fourth-order valence-electron chi connectivity index (χ4n) is 2.32. The van der Waals surface area contributed by atoms with Crippen molar-refractivity contribution in [3.05, 3.63) is 60.2 Å². The molecule has 0 unspecified atom stereocenters. The van der Waals surface area contributed by atoms with Gasteiger partial charge in [0.15, 0.2) is 11.5 Å². The number of carbonyl (C=O) groups excluding carboxylic acids is 1. The summed E-state index contributed by atoms with van der Waals surface area (Å²) in [7, 11) is 1.55. The minimum Gasteiger partial charge on any atom is -0.493 e. The van der Waals surface area contributed by atoms with Crippen LogP contribution in [0.15, 0.2) is 48.8 Å². The van der Waals surface area contributed by atoms with Crippen molar-refractivity contribution >= 4 is 5.91 Å². The lowest BCUT2D eigenvalue weighted by Crippen LogP contribution is -2.29. The molecule has 3 rings (SSSR count). The summed E-state index contributed by atoms with van der Waals surface area (Å²) in [5.74, 6) is 0.185. The molecule has 2 aromatic carbocycles. The molecule has 0 aliphatic carbocycles. The largest absolute Gasteiger partial charge is 0.493 e. The van der Waals surface area contributed by atoms with Crippen LogP contribution in [-0.4, -0.2) is 46.4 Å². The van der Waals surface area contributed by atoms with Gasteiger partial charge in [-0.15, -0.1) is 5.10 Å².